The second-order valence-electron chi connectivity index (χ2n) is 6.73. The first kappa shape index (κ1) is 18.9. The highest BCUT2D eigenvalue weighted by Crippen LogP contribution is 2.27. The van der Waals surface area contributed by atoms with E-state index in [1.165, 1.54) is 22.7 Å². The van der Waals surface area contributed by atoms with Gasteiger partial charge in [-0.1, -0.05) is 29.5 Å². The summed E-state index contributed by atoms with van der Waals surface area (Å²) >= 11 is 2.59. The number of methoxy groups -OCH3 is 1. The number of nitrogens with one attached hydrogen (secondary N) is 1. The number of ether oxygens (including phenoxy) is 1. The predicted octanol–water partition coefficient (Wildman–Crippen LogP) is 3.26. The summed E-state index contributed by atoms with van der Waals surface area (Å²) in [6.07, 6.45) is 1.74. The lowest BCUT2D eigenvalue weighted by atomic mass is 9.97. The lowest BCUT2D eigenvalue weighted by Gasteiger charge is -2.32. The summed E-state index contributed by atoms with van der Waals surface area (Å²) in [4.78, 5) is 31.7. The molecule has 1 unspecified atom stereocenters. The molecule has 2 aromatic heterocycles. The van der Waals surface area contributed by atoms with E-state index in [1.807, 2.05) is 35.7 Å². The van der Waals surface area contributed by atoms with Gasteiger partial charge in [0.2, 0.25) is 5.91 Å². The number of thiophene rings is 1. The Morgan fingerprint density at radius 1 is 1.36 bits per heavy atom. The van der Waals surface area contributed by atoms with Crippen molar-refractivity contribution in [1.82, 2.24) is 10.3 Å². The SMILES string of the molecule is COc1ccccc1CNC(=O)C1CCCN(c2nc3ccsc3c(=O)s2)C1. The Hall–Kier alpha value is -2.45. The van der Waals surface area contributed by atoms with Crippen molar-refractivity contribution in [2.45, 2.75) is 19.4 Å². The fraction of sp³-hybridized carbons (Fsp3) is 0.350. The van der Waals surface area contributed by atoms with E-state index in [-0.39, 0.29) is 16.6 Å². The van der Waals surface area contributed by atoms with Gasteiger partial charge < -0.3 is 15.0 Å². The largest absolute Gasteiger partial charge is 0.496 e. The van der Waals surface area contributed by atoms with Crippen molar-refractivity contribution in [3.63, 3.8) is 0 Å². The number of fused-ring (bicyclic) bond motifs is 1. The molecule has 1 atom stereocenters. The molecular formula is C20H21N3O3S2. The Balaban J connectivity index is 1.44. The van der Waals surface area contributed by atoms with Crippen LogP contribution in [0.2, 0.25) is 0 Å². The Morgan fingerprint density at radius 2 is 2.21 bits per heavy atom. The molecule has 1 N–H and O–H groups in total. The molecule has 4 rings (SSSR count). The number of benzene rings is 1. The molecule has 0 bridgehead atoms. The molecule has 0 radical (unpaired) electrons. The van der Waals surface area contributed by atoms with E-state index in [0.29, 0.717) is 22.9 Å². The van der Waals surface area contributed by atoms with Crippen molar-refractivity contribution < 1.29 is 9.53 Å². The summed E-state index contributed by atoms with van der Waals surface area (Å²) < 4.78 is 6.09. The number of rotatable bonds is 5. The van der Waals surface area contributed by atoms with E-state index < -0.39 is 0 Å². The monoisotopic (exact) mass is 415 g/mol. The predicted molar refractivity (Wildman–Crippen MR) is 114 cm³/mol. The zero-order valence-corrected chi connectivity index (χ0v) is 17.1. The number of aromatic nitrogens is 1. The van der Waals surface area contributed by atoms with Gasteiger partial charge in [-0.2, -0.15) is 0 Å². The number of nitrogens with zero attached hydrogens (tertiary/aromatic N) is 2. The summed E-state index contributed by atoms with van der Waals surface area (Å²) in [6.45, 7) is 1.83. The molecule has 0 spiro atoms. The molecule has 1 aliphatic heterocycles. The zero-order chi connectivity index (χ0) is 19.5. The highest BCUT2D eigenvalue weighted by Gasteiger charge is 2.27. The van der Waals surface area contributed by atoms with Crippen LogP contribution in [0.3, 0.4) is 0 Å². The second-order valence-corrected chi connectivity index (χ2v) is 8.59. The number of piperidine rings is 1. The van der Waals surface area contributed by atoms with Gasteiger partial charge in [0.05, 0.1) is 18.5 Å². The van der Waals surface area contributed by atoms with E-state index in [1.54, 1.807) is 7.11 Å². The van der Waals surface area contributed by atoms with Crippen molar-refractivity contribution in [2.75, 3.05) is 25.1 Å². The maximum absolute atomic E-state index is 12.7. The van der Waals surface area contributed by atoms with Crippen LogP contribution in [0.25, 0.3) is 10.2 Å². The lowest BCUT2D eigenvalue weighted by Crippen LogP contribution is -2.43. The van der Waals surface area contributed by atoms with Crippen molar-refractivity contribution in [3.05, 3.63) is 50.8 Å². The van der Waals surface area contributed by atoms with E-state index in [0.717, 1.165) is 36.2 Å². The van der Waals surface area contributed by atoms with Gasteiger partial charge in [0, 0.05) is 25.2 Å². The van der Waals surface area contributed by atoms with Crippen LogP contribution >= 0.6 is 22.7 Å². The summed E-state index contributed by atoms with van der Waals surface area (Å²) in [5.41, 5.74) is 1.69. The van der Waals surface area contributed by atoms with Crippen LogP contribution < -0.4 is 19.7 Å². The van der Waals surface area contributed by atoms with Crippen molar-refractivity contribution in [1.29, 1.82) is 0 Å². The van der Waals surface area contributed by atoms with Gasteiger partial charge in [-0.15, -0.1) is 11.3 Å². The highest BCUT2D eigenvalue weighted by atomic mass is 32.1. The Kier molecular flexibility index (Phi) is 5.59. The van der Waals surface area contributed by atoms with Gasteiger partial charge in [-0.05, 0) is 30.4 Å². The number of hydrogen-bond acceptors (Lipinski definition) is 7. The van der Waals surface area contributed by atoms with Crippen LogP contribution in [0.1, 0.15) is 18.4 Å². The Labute approximate surface area is 170 Å². The first-order valence-electron chi connectivity index (χ1n) is 9.18. The Morgan fingerprint density at radius 3 is 3.07 bits per heavy atom. The smallest absolute Gasteiger partial charge is 0.255 e. The molecular weight excluding hydrogens is 394 g/mol. The van der Waals surface area contributed by atoms with Crippen molar-refractivity contribution in [3.8, 4) is 5.75 Å². The van der Waals surface area contributed by atoms with Gasteiger partial charge >= 0.3 is 0 Å². The maximum Gasteiger partial charge on any atom is 0.255 e. The average molecular weight is 416 g/mol. The van der Waals surface area contributed by atoms with E-state index in [4.69, 9.17) is 4.74 Å². The summed E-state index contributed by atoms with van der Waals surface area (Å²) in [6, 6.07) is 9.55. The van der Waals surface area contributed by atoms with E-state index in [9.17, 15) is 9.59 Å². The molecule has 1 saturated heterocycles. The van der Waals surface area contributed by atoms with E-state index >= 15 is 0 Å². The fourth-order valence-corrected chi connectivity index (χ4v) is 5.21. The molecule has 28 heavy (non-hydrogen) atoms. The van der Waals surface area contributed by atoms with Crippen LogP contribution in [-0.4, -0.2) is 31.1 Å². The first-order valence-corrected chi connectivity index (χ1v) is 10.9. The molecule has 0 saturated carbocycles. The molecule has 8 heteroatoms. The minimum absolute atomic E-state index is 0.0274. The molecule has 146 valence electrons. The molecule has 1 amide bonds. The standard InChI is InChI=1S/C20H21N3O3S2/c1-26-16-7-3-2-5-13(16)11-21-18(24)14-6-4-9-23(12-14)20-22-15-8-10-27-17(15)19(25)28-20/h2-3,5,7-8,10,14H,4,6,9,11-12H2,1H3,(H,21,24). The average Bonchev–Trinajstić information content (AvgIpc) is 3.21. The maximum atomic E-state index is 12.7. The van der Waals surface area contributed by atoms with Gasteiger partial charge in [0.15, 0.2) is 5.13 Å². The number of amides is 1. The minimum Gasteiger partial charge on any atom is -0.496 e. The molecule has 3 heterocycles. The van der Waals surface area contributed by atoms with Crippen LogP contribution in [0.4, 0.5) is 5.13 Å². The summed E-state index contributed by atoms with van der Waals surface area (Å²) in [5, 5.41) is 5.62. The molecule has 0 aliphatic carbocycles. The van der Waals surface area contributed by atoms with Gasteiger partial charge in [-0.3, -0.25) is 9.59 Å². The van der Waals surface area contributed by atoms with Crippen LogP contribution in [-0.2, 0) is 11.3 Å². The van der Waals surface area contributed by atoms with Crippen molar-refractivity contribution in [2.24, 2.45) is 5.92 Å². The topological polar surface area (TPSA) is 71.5 Å². The molecule has 1 fully saturated rings. The van der Waals surface area contributed by atoms with Crippen LogP contribution in [0, 0.1) is 5.92 Å². The third-order valence-electron chi connectivity index (χ3n) is 4.94. The fourth-order valence-electron chi connectivity index (χ4n) is 3.47. The Bertz CT molecular complexity index is 1050. The molecule has 6 nitrogen and oxygen atoms in total. The molecule has 1 aromatic carbocycles. The van der Waals surface area contributed by atoms with E-state index in [2.05, 4.69) is 15.2 Å². The number of para-hydroxylation sites is 1. The number of hydrogen-bond donors (Lipinski definition) is 1. The highest BCUT2D eigenvalue weighted by molar-refractivity contribution is 7.21. The first-order chi connectivity index (χ1) is 13.7. The van der Waals surface area contributed by atoms with Crippen molar-refractivity contribution >= 4 is 43.9 Å². The zero-order valence-electron chi connectivity index (χ0n) is 15.5. The lowest BCUT2D eigenvalue weighted by molar-refractivity contribution is -0.125. The van der Waals surface area contributed by atoms with Crippen LogP contribution in [0.15, 0.2) is 40.5 Å². The molecule has 3 aromatic rings. The van der Waals surface area contributed by atoms with Gasteiger partial charge in [-0.25, -0.2) is 4.98 Å². The summed E-state index contributed by atoms with van der Waals surface area (Å²) in [5.74, 6) is 0.677. The normalized spacial score (nSPS) is 16.9. The number of carbonyl (C=O) groups excluding carboxylic acids is 1. The van der Waals surface area contributed by atoms with Crippen LogP contribution in [0.5, 0.6) is 5.75 Å². The van der Waals surface area contributed by atoms with Gasteiger partial charge in [0.25, 0.3) is 4.74 Å². The number of anilines is 1. The third-order valence-corrected chi connectivity index (χ3v) is 6.89. The third kappa shape index (κ3) is 3.88. The quantitative estimate of drug-likeness (QED) is 0.693. The number of carbonyl (C=O) groups is 1. The minimum atomic E-state index is -0.120. The molecule has 1 aliphatic rings. The summed E-state index contributed by atoms with van der Waals surface area (Å²) in [7, 11) is 1.63. The van der Waals surface area contributed by atoms with Gasteiger partial charge in [0.1, 0.15) is 10.4 Å². The second kappa shape index (κ2) is 8.28.